The van der Waals surface area contributed by atoms with Gasteiger partial charge in [0.1, 0.15) is 35.8 Å². The Labute approximate surface area is 306 Å². The molecule has 2 amide bonds. The predicted octanol–water partition coefficient (Wildman–Crippen LogP) is 5.73. The van der Waals surface area contributed by atoms with Crippen molar-refractivity contribution in [1.29, 1.82) is 0 Å². The number of piperidine rings is 1. The summed E-state index contributed by atoms with van der Waals surface area (Å²) in [4.78, 5) is 43.5. The second-order valence-corrected chi connectivity index (χ2v) is 21.7. The third-order valence-electron chi connectivity index (χ3n) is 9.18. The Morgan fingerprint density at radius 3 is 2.50 bits per heavy atom. The van der Waals surface area contributed by atoms with Crippen LogP contribution in [0.1, 0.15) is 49.7 Å². The molecule has 1 atom stereocenters. The molecular weight excluding hydrogens is 677 g/mol. The Balaban J connectivity index is 1.12. The van der Waals surface area contributed by atoms with E-state index in [1.807, 2.05) is 57.2 Å². The van der Waals surface area contributed by atoms with E-state index in [4.69, 9.17) is 9.47 Å². The van der Waals surface area contributed by atoms with Crippen LogP contribution in [0.4, 0.5) is 16.3 Å². The van der Waals surface area contributed by atoms with Gasteiger partial charge in [0.2, 0.25) is 0 Å². The van der Waals surface area contributed by atoms with Crippen LogP contribution in [0.3, 0.4) is 0 Å². The SMILES string of the molecule is CC(C)(C)OC(=O)N[C@@H]1CCCN(Cc2ccnc(C(=O)Nc3ccc(-c4cc5c(N6CC(O)C6)ncnc5n4COCC[Si](C)(C)C)cc3)c2)C1. The summed E-state index contributed by atoms with van der Waals surface area (Å²) in [6.07, 6.45) is 4.33. The number of hydrogen-bond acceptors (Lipinski definition) is 10. The summed E-state index contributed by atoms with van der Waals surface area (Å²) in [6, 6.07) is 14.6. The highest BCUT2D eigenvalue weighted by Gasteiger charge is 2.29. The maximum Gasteiger partial charge on any atom is 0.407 e. The van der Waals surface area contributed by atoms with Crippen LogP contribution in [0.25, 0.3) is 22.3 Å². The van der Waals surface area contributed by atoms with Crippen molar-refractivity contribution >= 4 is 42.6 Å². The highest BCUT2D eigenvalue weighted by molar-refractivity contribution is 6.76. The molecule has 6 rings (SSSR count). The quantitative estimate of drug-likeness (QED) is 0.122. The molecule has 0 radical (unpaired) electrons. The van der Waals surface area contributed by atoms with Gasteiger partial charge >= 0.3 is 6.09 Å². The average molecular weight is 729 g/mol. The molecule has 1 aromatic carbocycles. The Kier molecular flexibility index (Phi) is 11.3. The van der Waals surface area contributed by atoms with Gasteiger partial charge in [-0.3, -0.25) is 14.7 Å². The largest absolute Gasteiger partial charge is 0.444 e. The van der Waals surface area contributed by atoms with Gasteiger partial charge < -0.3 is 34.7 Å². The Morgan fingerprint density at radius 1 is 1.02 bits per heavy atom. The van der Waals surface area contributed by atoms with E-state index in [2.05, 4.69) is 65.7 Å². The van der Waals surface area contributed by atoms with Gasteiger partial charge in [0.05, 0.1) is 17.2 Å². The average Bonchev–Trinajstić information content (AvgIpc) is 3.43. The van der Waals surface area contributed by atoms with E-state index in [0.29, 0.717) is 50.9 Å². The van der Waals surface area contributed by atoms with Crippen molar-refractivity contribution < 1.29 is 24.2 Å². The topological polar surface area (TPSA) is 147 Å². The fourth-order valence-corrected chi connectivity index (χ4v) is 7.26. The van der Waals surface area contributed by atoms with Crippen LogP contribution in [-0.2, 0) is 22.7 Å². The predicted molar refractivity (Wildman–Crippen MR) is 205 cm³/mol. The zero-order chi connectivity index (χ0) is 37.0. The van der Waals surface area contributed by atoms with Crippen LogP contribution in [0, 0.1) is 0 Å². The number of pyridine rings is 1. The van der Waals surface area contributed by atoms with Gasteiger partial charge in [-0.25, -0.2) is 14.8 Å². The Hall–Kier alpha value is -4.37. The highest BCUT2D eigenvalue weighted by atomic mass is 28.3. The van der Waals surface area contributed by atoms with E-state index in [9.17, 15) is 14.7 Å². The van der Waals surface area contributed by atoms with Crippen molar-refractivity contribution in [3.05, 3.63) is 66.2 Å². The molecule has 0 unspecified atom stereocenters. The number of amides is 2. The number of benzene rings is 1. The number of rotatable bonds is 12. The number of likely N-dealkylation sites (tertiary alicyclic amines) is 1. The first-order chi connectivity index (χ1) is 24.7. The summed E-state index contributed by atoms with van der Waals surface area (Å²) in [5.74, 6) is 0.507. The third-order valence-corrected chi connectivity index (χ3v) is 10.9. The molecule has 278 valence electrons. The fraction of sp³-hybridized carbons (Fsp3) is 0.500. The van der Waals surface area contributed by atoms with E-state index in [-0.39, 0.29) is 18.1 Å². The smallest absolute Gasteiger partial charge is 0.407 e. The molecule has 0 spiro atoms. The minimum Gasteiger partial charge on any atom is -0.444 e. The maximum absolute atomic E-state index is 13.3. The molecule has 13 nitrogen and oxygen atoms in total. The van der Waals surface area contributed by atoms with Gasteiger partial charge in [-0.15, -0.1) is 0 Å². The number of alkyl carbamates (subject to hydrolysis) is 1. The fourth-order valence-electron chi connectivity index (χ4n) is 6.50. The van der Waals surface area contributed by atoms with Crippen molar-refractivity contribution in [2.45, 2.75) is 90.3 Å². The van der Waals surface area contributed by atoms with Crippen LogP contribution in [-0.4, -0.2) is 100 Å². The first-order valence-electron chi connectivity index (χ1n) is 18.1. The summed E-state index contributed by atoms with van der Waals surface area (Å²) in [7, 11) is -1.26. The molecule has 2 aliphatic rings. The van der Waals surface area contributed by atoms with Crippen molar-refractivity contribution in [2.24, 2.45) is 0 Å². The molecule has 5 heterocycles. The molecule has 2 saturated heterocycles. The Bertz CT molecular complexity index is 1860. The summed E-state index contributed by atoms with van der Waals surface area (Å²) in [5, 5.41) is 16.8. The van der Waals surface area contributed by atoms with Crippen LogP contribution in [0.15, 0.2) is 55.0 Å². The number of anilines is 2. The molecule has 2 aliphatic heterocycles. The number of aromatic nitrogens is 4. The zero-order valence-electron chi connectivity index (χ0n) is 31.2. The molecule has 0 bridgehead atoms. The minimum absolute atomic E-state index is 0.00411. The van der Waals surface area contributed by atoms with Gasteiger partial charge in [0, 0.05) is 58.8 Å². The minimum atomic E-state index is -1.26. The van der Waals surface area contributed by atoms with E-state index in [1.54, 1.807) is 12.5 Å². The lowest BCUT2D eigenvalue weighted by Gasteiger charge is -2.37. The molecule has 0 aliphatic carbocycles. The number of nitrogens with one attached hydrogen (secondary N) is 2. The van der Waals surface area contributed by atoms with Crippen LogP contribution in [0.5, 0.6) is 0 Å². The number of carbonyl (C=O) groups is 2. The van der Waals surface area contributed by atoms with Crippen molar-refractivity contribution in [3.63, 3.8) is 0 Å². The molecule has 52 heavy (non-hydrogen) atoms. The normalized spacial score (nSPS) is 17.2. The molecule has 4 aromatic rings. The van der Waals surface area contributed by atoms with E-state index in [1.165, 1.54) is 0 Å². The van der Waals surface area contributed by atoms with Gasteiger partial charge in [0.25, 0.3) is 5.91 Å². The standard InChI is InChI=1S/C38H52N8O5Si/c1-38(2,3)51-37(49)43-29-8-7-15-44(21-29)20-26-13-14-39-32(18-26)36(48)42-28-11-9-27(10-12-28)33-19-31-34(45-22-30(47)23-45)40-24-41-35(31)46(33)25-50-16-17-52(4,5)6/h9-14,18-19,24,29-30,47H,7-8,15-17,20-23,25H2,1-6H3,(H,42,48)(H,43,49)/t29-/m1/s1. The van der Waals surface area contributed by atoms with Crippen LogP contribution in [0.2, 0.25) is 25.7 Å². The number of fused-ring (bicyclic) bond motifs is 1. The summed E-state index contributed by atoms with van der Waals surface area (Å²) in [6.45, 7) is 16.9. The summed E-state index contributed by atoms with van der Waals surface area (Å²) in [5.41, 5.74) is 4.06. The number of nitrogens with zero attached hydrogens (tertiary/aromatic N) is 6. The second-order valence-electron chi connectivity index (χ2n) is 16.1. The van der Waals surface area contributed by atoms with Crippen LogP contribution >= 0.6 is 0 Å². The monoisotopic (exact) mass is 728 g/mol. The lowest BCUT2D eigenvalue weighted by molar-refractivity contribution is 0.0470. The molecule has 3 aromatic heterocycles. The number of aliphatic hydroxyl groups excluding tert-OH is 1. The van der Waals surface area contributed by atoms with Crippen molar-refractivity contribution in [3.8, 4) is 11.3 Å². The molecule has 0 saturated carbocycles. The van der Waals surface area contributed by atoms with E-state index in [0.717, 1.165) is 59.1 Å². The Morgan fingerprint density at radius 2 is 1.79 bits per heavy atom. The van der Waals surface area contributed by atoms with E-state index < -0.39 is 19.8 Å². The van der Waals surface area contributed by atoms with Crippen LogP contribution < -0.4 is 15.5 Å². The van der Waals surface area contributed by atoms with Gasteiger partial charge in [-0.2, -0.15) is 0 Å². The van der Waals surface area contributed by atoms with Crippen molar-refractivity contribution in [2.75, 3.05) is 43.0 Å². The first kappa shape index (κ1) is 37.4. The molecule has 3 N–H and O–H groups in total. The zero-order valence-corrected chi connectivity index (χ0v) is 32.2. The molecule has 14 heteroatoms. The third kappa shape index (κ3) is 9.73. The number of aliphatic hydroxyl groups is 1. The van der Waals surface area contributed by atoms with Crippen molar-refractivity contribution in [1.82, 2.24) is 29.7 Å². The number of β-amino-alcohol motifs (C(OH)–C–C–N with tert-alkyl or cyclic N) is 1. The maximum atomic E-state index is 13.3. The number of ether oxygens (including phenoxy) is 2. The summed E-state index contributed by atoms with van der Waals surface area (Å²) >= 11 is 0. The first-order valence-corrected chi connectivity index (χ1v) is 21.8. The second kappa shape index (κ2) is 15.7. The van der Waals surface area contributed by atoms with Gasteiger partial charge in [-0.05, 0) is 87.7 Å². The molecule has 2 fully saturated rings. The molecular formula is C38H52N8O5Si. The van der Waals surface area contributed by atoms with Gasteiger partial charge in [-0.1, -0.05) is 31.8 Å². The van der Waals surface area contributed by atoms with E-state index >= 15 is 0 Å². The lowest BCUT2D eigenvalue weighted by Crippen LogP contribution is -2.51. The lowest BCUT2D eigenvalue weighted by atomic mass is 10.0. The summed E-state index contributed by atoms with van der Waals surface area (Å²) < 4.78 is 13.7. The number of hydrogen-bond donors (Lipinski definition) is 3. The highest BCUT2D eigenvalue weighted by Crippen LogP contribution is 2.34. The van der Waals surface area contributed by atoms with Gasteiger partial charge in [0.15, 0.2) is 0 Å². The number of carbonyl (C=O) groups excluding carboxylic acids is 2.